The van der Waals surface area contributed by atoms with Gasteiger partial charge in [-0.25, -0.2) is 0 Å². The van der Waals surface area contributed by atoms with Crippen molar-refractivity contribution in [3.8, 4) is 0 Å². The molecule has 2 amide bonds. The fraction of sp³-hybridized carbons (Fsp3) is 0.611. The van der Waals surface area contributed by atoms with Crippen LogP contribution in [0, 0.1) is 5.41 Å². The van der Waals surface area contributed by atoms with Gasteiger partial charge in [0.25, 0.3) is 0 Å². The van der Waals surface area contributed by atoms with Gasteiger partial charge in [-0.15, -0.1) is 0 Å². The van der Waals surface area contributed by atoms with Crippen molar-refractivity contribution in [3.63, 3.8) is 0 Å². The monoisotopic (exact) mass is 332 g/mol. The second-order valence-electron chi connectivity index (χ2n) is 6.98. The van der Waals surface area contributed by atoms with E-state index in [1.807, 2.05) is 17.2 Å². The van der Waals surface area contributed by atoms with Gasteiger partial charge in [0.2, 0.25) is 11.8 Å². The highest BCUT2D eigenvalue weighted by atomic mass is 16.2. The predicted molar refractivity (Wildman–Crippen MR) is 93.2 cm³/mol. The van der Waals surface area contributed by atoms with Crippen LogP contribution in [0.5, 0.6) is 0 Å². The molecule has 6 heteroatoms. The quantitative estimate of drug-likeness (QED) is 0.810. The fourth-order valence-corrected chi connectivity index (χ4v) is 3.72. The van der Waals surface area contributed by atoms with Crippen LogP contribution in [0.2, 0.25) is 0 Å². The van der Waals surface area contributed by atoms with Crippen LogP contribution < -0.4 is 5.73 Å². The molecule has 2 rings (SSSR count). The molecule has 1 aliphatic heterocycles. The topological polar surface area (TPSA) is 79.5 Å². The minimum Gasteiger partial charge on any atom is -0.369 e. The predicted octanol–water partition coefficient (Wildman–Crippen LogP) is 1.06. The average Bonchev–Trinajstić information content (AvgIpc) is 2.54. The van der Waals surface area contributed by atoms with E-state index in [1.54, 1.807) is 25.2 Å². The third kappa shape index (κ3) is 4.77. The second kappa shape index (κ2) is 8.24. The molecule has 0 aliphatic carbocycles. The fourth-order valence-electron chi connectivity index (χ4n) is 3.72. The van der Waals surface area contributed by atoms with Crippen molar-refractivity contribution < 1.29 is 9.59 Å². The number of hydrogen-bond acceptors (Lipinski definition) is 4. The number of amides is 2. The molecule has 1 fully saturated rings. The molecule has 0 bridgehead atoms. The lowest BCUT2D eigenvalue weighted by molar-refractivity contribution is -0.144. The molecule has 1 atom stereocenters. The zero-order valence-electron chi connectivity index (χ0n) is 14.7. The summed E-state index contributed by atoms with van der Waals surface area (Å²) in [5.74, 6) is -0.179. The van der Waals surface area contributed by atoms with Gasteiger partial charge in [-0.05, 0) is 50.3 Å². The van der Waals surface area contributed by atoms with Gasteiger partial charge in [0.1, 0.15) is 0 Å². The highest BCUT2D eigenvalue weighted by Gasteiger charge is 2.42. The van der Waals surface area contributed by atoms with E-state index < -0.39 is 5.41 Å². The number of aromatic nitrogens is 1. The summed E-state index contributed by atoms with van der Waals surface area (Å²) < 4.78 is 0. The van der Waals surface area contributed by atoms with E-state index in [9.17, 15) is 9.59 Å². The van der Waals surface area contributed by atoms with Crippen LogP contribution in [0.1, 0.15) is 31.2 Å². The third-order valence-corrected chi connectivity index (χ3v) is 4.74. The summed E-state index contributed by atoms with van der Waals surface area (Å²) in [6.45, 7) is 1.67. The lowest BCUT2D eigenvalue weighted by Crippen LogP contribution is -2.53. The van der Waals surface area contributed by atoms with Crippen molar-refractivity contribution in [1.29, 1.82) is 0 Å². The highest BCUT2D eigenvalue weighted by molar-refractivity contribution is 5.83. The molecule has 1 saturated heterocycles. The Morgan fingerprint density at radius 1 is 1.42 bits per heavy atom. The largest absolute Gasteiger partial charge is 0.369 e. The van der Waals surface area contributed by atoms with Gasteiger partial charge >= 0.3 is 0 Å². The van der Waals surface area contributed by atoms with Crippen LogP contribution in [0.3, 0.4) is 0 Å². The van der Waals surface area contributed by atoms with Gasteiger partial charge in [0.05, 0.1) is 12.0 Å². The normalized spacial score (nSPS) is 21.4. The van der Waals surface area contributed by atoms with Crippen LogP contribution in [0.15, 0.2) is 24.5 Å². The second-order valence-corrected chi connectivity index (χ2v) is 6.98. The van der Waals surface area contributed by atoms with Gasteiger partial charge < -0.3 is 10.6 Å². The van der Waals surface area contributed by atoms with E-state index in [1.165, 1.54) is 5.56 Å². The Morgan fingerprint density at radius 3 is 2.83 bits per heavy atom. The van der Waals surface area contributed by atoms with Gasteiger partial charge in [-0.2, -0.15) is 0 Å². The average molecular weight is 332 g/mol. The maximum absolute atomic E-state index is 12.9. The van der Waals surface area contributed by atoms with Crippen molar-refractivity contribution in [1.82, 2.24) is 14.8 Å². The van der Waals surface area contributed by atoms with E-state index in [-0.39, 0.29) is 18.4 Å². The van der Waals surface area contributed by atoms with Gasteiger partial charge in [-0.3, -0.25) is 19.5 Å². The molecule has 0 saturated carbocycles. The molecule has 0 aromatic carbocycles. The van der Waals surface area contributed by atoms with Crippen LogP contribution in [-0.4, -0.2) is 60.3 Å². The molecule has 132 valence electrons. The number of piperidine rings is 1. The van der Waals surface area contributed by atoms with E-state index in [4.69, 9.17) is 5.73 Å². The Labute approximate surface area is 144 Å². The summed E-state index contributed by atoms with van der Waals surface area (Å²) in [6, 6.07) is 4.00. The maximum atomic E-state index is 12.9. The molecular weight excluding hydrogens is 304 g/mol. The van der Waals surface area contributed by atoms with Crippen molar-refractivity contribution in [2.75, 3.05) is 33.7 Å². The van der Waals surface area contributed by atoms with Crippen molar-refractivity contribution in [2.24, 2.45) is 11.1 Å². The Hall–Kier alpha value is -1.95. The van der Waals surface area contributed by atoms with Gasteiger partial charge in [0.15, 0.2) is 0 Å². The zero-order chi connectivity index (χ0) is 17.6. The smallest absolute Gasteiger partial charge is 0.231 e. The van der Waals surface area contributed by atoms with E-state index in [0.29, 0.717) is 6.54 Å². The first-order valence-corrected chi connectivity index (χ1v) is 8.54. The molecule has 1 aromatic heterocycles. The molecule has 1 aromatic rings. The maximum Gasteiger partial charge on any atom is 0.231 e. The Balaban J connectivity index is 2.05. The van der Waals surface area contributed by atoms with Crippen LogP contribution >= 0.6 is 0 Å². The summed E-state index contributed by atoms with van der Waals surface area (Å²) in [4.78, 5) is 32.0. The van der Waals surface area contributed by atoms with Crippen LogP contribution in [-0.2, 0) is 16.0 Å². The molecule has 2 heterocycles. The number of likely N-dealkylation sites (tertiary alicyclic amines) is 1. The third-order valence-electron chi connectivity index (χ3n) is 4.74. The van der Waals surface area contributed by atoms with E-state index in [2.05, 4.69) is 11.1 Å². The number of primary amides is 1. The molecule has 2 N–H and O–H groups in total. The molecule has 24 heavy (non-hydrogen) atoms. The Bertz CT molecular complexity index is 561. The lowest BCUT2D eigenvalue weighted by atomic mass is 9.74. The highest BCUT2D eigenvalue weighted by Crippen LogP contribution is 2.36. The van der Waals surface area contributed by atoms with Crippen molar-refractivity contribution in [2.45, 2.75) is 32.1 Å². The summed E-state index contributed by atoms with van der Waals surface area (Å²) >= 11 is 0. The molecule has 1 aliphatic rings. The number of rotatable bonds is 7. The zero-order valence-corrected chi connectivity index (χ0v) is 14.7. The number of nitrogens with zero attached hydrogens (tertiary/aromatic N) is 3. The molecule has 0 spiro atoms. The molecule has 0 unspecified atom stereocenters. The van der Waals surface area contributed by atoms with E-state index in [0.717, 1.165) is 38.6 Å². The SMILES string of the molecule is CN(C)C(=O)[C@]1(CCCc2cccnc2)CCCN(CC(N)=O)C1. The van der Waals surface area contributed by atoms with E-state index >= 15 is 0 Å². The van der Waals surface area contributed by atoms with Gasteiger partial charge in [0, 0.05) is 33.0 Å². The number of pyridine rings is 1. The van der Waals surface area contributed by atoms with Crippen molar-refractivity contribution >= 4 is 11.8 Å². The number of hydrogen-bond donors (Lipinski definition) is 1. The minimum absolute atomic E-state index is 0.155. The first-order chi connectivity index (χ1) is 11.4. The summed E-state index contributed by atoms with van der Waals surface area (Å²) in [6.07, 6.45) is 8.08. The van der Waals surface area contributed by atoms with Crippen LogP contribution in [0.25, 0.3) is 0 Å². The summed E-state index contributed by atoms with van der Waals surface area (Å²) in [5.41, 5.74) is 6.11. The number of carbonyl (C=O) groups excluding carboxylic acids is 2. The van der Waals surface area contributed by atoms with Crippen molar-refractivity contribution in [3.05, 3.63) is 30.1 Å². The standard InChI is InChI=1S/C18H28N4O2/c1-21(2)17(24)18(8-3-6-15-7-4-10-20-12-15)9-5-11-22(14-18)13-16(19)23/h4,7,10,12H,3,5-6,8-9,11,13-14H2,1-2H3,(H2,19,23)/t18-/m1/s1. The first kappa shape index (κ1) is 18.4. The molecule has 6 nitrogen and oxygen atoms in total. The summed E-state index contributed by atoms with van der Waals surface area (Å²) in [7, 11) is 3.61. The number of carbonyl (C=O) groups is 2. The van der Waals surface area contributed by atoms with Crippen LogP contribution in [0.4, 0.5) is 0 Å². The Kier molecular flexibility index (Phi) is 6.31. The molecular formula is C18H28N4O2. The first-order valence-electron chi connectivity index (χ1n) is 8.54. The minimum atomic E-state index is -0.417. The number of nitrogens with two attached hydrogens (primary N) is 1. The number of aryl methyl sites for hydroxylation is 1. The lowest BCUT2D eigenvalue weighted by Gasteiger charge is -2.42. The summed E-state index contributed by atoms with van der Waals surface area (Å²) in [5, 5.41) is 0. The Morgan fingerprint density at radius 2 is 2.21 bits per heavy atom. The molecule has 0 radical (unpaired) electrons. The van der Waals surface area contributed by atoms with Gasteiger partial charge in [-0.1, -0.05) is 6.07 Å².